The maximum atomic E-state index is 13.2. The average Bonchev–Trinajstić information content (AvgIpc) is 3.28. The van der Waals surface area contributed by atoms with Crippen molar-refractivity contribution in [1.82, 2.24) is 24.5 Å². The Labute approximate surface area is 213 Å². The van der Waals surface area contributed by atoms with E-state index in [2.05, 4.69) is 15.1 Å². The fourth-order valence-electron chi connectivity index (χ4n) is 3.59. The van der Waals surface area contributed by atoms with E-state index in [1.807, 2.05) is 20.8 Å². The third-order valence-electron chi connectivity index (χ3n) is 5.22. The summed E-state index contributed by atoms with van der Waals surface area (Å²) in [5, 5.41) is 4.95. The van der Waals surface area contributed by atoms with Crippen LogP contribution in [0.3, 0.4) is 0 Å². The number of ether oxygens (including phenoxy) is 1. The number of methoxy groups -OCH3 is 1. The second kappa shape index (κ2) is 8.97. The number of nitrogens with zero attached hydrogens (tertiary/aromatic N) is 5. The zero-order chi connectivity index (χ0) is 26.6. The van der Waals surface area contributed by atoms with Gasteiger partial charge in [-0.15, -0.1) is 4.73 Å². The minimum Gasteiger partial charge on any atom is -0.479 e. The van der Waals surface area contributed by atoms with Crippen LogP contribution in [0.2, 0.25) is 10.0 Å². The SMILES string of the molecule is COc1nc(-c2ccccc2Cl)cc2nc(-c3c(Cl)c(C(C)(C)C)nn3C)n(OC(=O)C(F)(F)F)c12. The van der Waals surface area contributed by atoms with E-state index in [0.717, 1.165) is 0 Å². The minimum atomic E-state index is -5.28. The van der Waals surface area contributed by atoms with Crippen LogP contribution in [-0.4, -0.2) is 43.7 Å². The number of carbonyl (C=O) groups excluding carboxylic acids is 1. The van der Waals surface area contributed by atoms with Crippen molar-refractivity contribution in [3.05, 3.63) is 46.1 Å². The topological polar surface area (TPSA) is 84.1 Å². The van der Waals surface area contributed by atoms with Crippen molar-refractivity contribution in [2.45, 2.75) is 32.4 Å². The maximum Gasteiger partial charge on any atom is 0.493 e. The number of aryl methyl sites for hydroxylation is 1. The number of benzene rings is 1. The number of carbonyl (C=O) groups is 1. The molecule has 0 radical (unpaired) electrons. The smallest absolute Gasteiger partial charge is 0.479 e. The molecular formula is C23H20Cl2F3N5O3. The first-order valence-electron chi connectivity index (χ1n) is 10.5. The van der Waals surface area contributed by atoms with Gasteiger partial charge in [-0.3, -0.25) is 4.68 Å². The number of fused-ring (bicyclic) bond motifs is 1. The highest BCUT2D eigenvalue weighted by Gasteiger charge is 2.43. The molecule has 1 aromatic carbocycles. The summed E-state index contributed by atoms with van der Waals surface area (Å²) < 4.78 is 46.9. The van der Waals surface area contributed by atoms with Gasteiger partial charge in [-0.1, -0.05) is 62.2 Å². The van der Waals surface area contributed by atoms with Crippen LogP contribution in [0, 0.1) is 0 Å². The summed E-state index contributed by atoms with van der Waals surface area (Å²) in [5.74, 6) is -2.81. The molecule has 4 rings (SSSR count). The van der Waals surface area contributed by atoms with E-state index < -0.39 is 17.6 Å². The van der Waals surface area contributed by atoms with Crippen molar-refractivity contribution >= 4 is 40.2 Å². The Morgan fingerprint density at radius 1 is 1.08 bits per heavy atom. The molecule has 3 aromatic heterocycles. The molecule has 0 N–H and O–H groups in total. The van der Waals surface area contributed by atoms with Gasteiger partial charge in [0.25, 0.3) is 0 Å². The molecule has 0 atom stereocenters. The molecule has 0 saturated heterocycles. The molecule has 4 aromatic rings. The number of rotatable bonds is 4. The first-order valence-corrected chi connectivity index (χ1v) is 11.2. The fourth-order valence-corrected chi connectivity index (χ4v) is 4.35. The van der Waals surface area contributed by atoms with Gasteiger partial charge in [-0.05, 0) is 12.1 Å². The van der Waals surface area contributed by atoms with Crippen LogP contribution in [-0.2, 0) is 17.3 Å². The largest absolute Gasteiger partial charge is 0.493 e. The highest BCUT2D eigenvalue weighted by molar-refractivity contribution is 6.34. The van der Waals surface area contributed by atoms with Crippen LogP contribution in [0.1, 0.15) is 26.5 Å². The molecule has 3 heterocycles. The molecule has 0 aliphatic heterocycles. The van der Waals surface area contributed by atoms with Gasteiger partial charge in [0.05, 0.1) is 23.5 Å². The fraction of sp³-hybridized carbons (Fsp3) is 0.304. The van der Waals surface area contributed by atoms with Crippen LogP contribution in [0.4, 0.5) is 13.2 Å². The van der Waals surface area contributed by atoms with Crippen LogP contribution in [0.25, 0.3) is 33.8 Å². The minimum absolute atomic E-state index is 0.115. The lowest BCUT2D eigenvalue weighted by atomic mass is 9.92. The molecule has 8 nitrogen and oxygen atoms in total. The molecule has 0 fully saturated rings. The molecule has 0 spiro atoms. The monoisotopic (exact) mass is 541 g/mol. The number of halogens is 5. The summed E-state index contributed by atoms with van der Waals surface area (Å²) in [6.07, 6.45) is -5.28. The van der Waals surface area contributed by atoms with Crippen LogP contribution in [0.15, 0.2) is 30.3 Å². The summed E-state index contributed by atoms with van der Waals surface area (Å²) in [6.45, 7) is 5.63. The van der Waals surface area contributed by atoms with E-state index in [0.29, 0.717) is 26.7 Å². The van der Waals surface area contributed by atoms with Gasteiger partial charge in [0, 0.05) is 23.0 Å². The van der Waals surface area contributed by atoms with Crippen LogP contribution >= 0.6 is 23.2 Å². The van der Waals surface area contributed by atoms with Crippen LogP contribution in [0.5, 0.6) is 5.88 Å². The number of imidazole rings is 1. The predicted molar refractivity (Wildman–Crippen MR) is 128 cm³/mol. The van der Waals surface area contributed by atoms with Gasteiger partial charge in [0.15, 0.2) is 11.3 Å². The third kappa shape index (κ3) is 4.48. The lowest BCUT2D eigenvalue weighted by Crippen LogP contribution is -2.33. The Morgan fingerprint density at radius 3 is 2.31 bits per heavy atom. The standard InChI is InChI=1S/C23H20Cl2F3N5O3/c1-22(2,3)18-15(25)17(32(4)31-18)19-29-14-10-13(11-8-6-7-9-12(11)24)30-20(35-5)16(14)33(19)36-21(34)23(26,27)28/h6-10H,1-5H3. The Balaban J connectivity index is 2.06. The van der Waals surface area contributed by atoms with E-state index >= 15 is 0 Å². The zero-order valence-electron chi connectivity index (χ0n) is 19.7. The zero-order valence-corrected chi connectivity index (χ0v) is 21.2. The van der Waals surface area contributed by atoms with Gasteiger partial charge in [0.2, 0.25) is 5.88 Å². The highest BCUT2D eigenvalue weighted by Crippen LogP contribution is 2.39. The number of alkyl halides is 3. The Kier molecular flexibility index (Phi) is 6.42. The summed E-state index contributed by atoms with van der Waals surface area (Å²) in [7, 11) is 2.83. The lowest BCUT2D eigenvalue weighted by molar-refractivity contribution is -0.199. The third-order valence-corrected chi connectivity index (χ3v) is 5.91. The van der Waals surface area contributed by atoms with E-state index in [1.165, 1.54) is 17.9 Å². The lowest BCUT2D eigenvalue weighted by Gasteiger charge is -2.15. The molecule has 190 valence electrons. The molecule has 0 bridgehead atoms. The number of aromatic nitrogens is 5. The second-order valence-corrected chi connectivity index (χ2v) is 9.64. The van der Waals surface area contributed by atoms with Gasteiger partial charge in [0.1, 0.15) is 11.2 Å². The molecule has 0 aliphatic rings. The summed E-state index contributed by atoms with van der Waals surface area (Å²) in [5.41, 5.74) is 1.000. The molecule has 0 saturated carbocycles. The number of hydrogen-bond acceptors (Lipinski definition) is 6. The second-order valence-electron chi connectivity index (χ2n) is 8.86. The Morgan fingerprint density at radius 2 is 1.75 bits per heavy atom. The van der Waals surface area contributed by atoms with E-state index in [-0.39, 0.29) is 33.5 Å². The highest BCUT2D eigenvalue weighted by atomic mass is 35.5. The molecule has 0 amide bonds. The quantitative estimate of drug-likeness (QED) is 0.333. The van der Waals surface area contributed by atoms with Crippen molar-refractivity contribution < 1.29 is 27.5 Å². The summed E-state index contributed by atoms with van der Waals surface area (Å²) >= 11 is 12.9. The first-order chi connectivity index (χ1) is 16.7. The van der Waals surface area contributed by atoms with E-state index in [1.54, 1.807) is 31.3 Å². The van der Waals surface area contributed by atoms with Crippen molar-refractivity contribution in [1.29, 1.82) is 0 Å². The first kappa shape index (κ1) is 25.8. The maximum absolute atomic E-state index is 13.2. The van der Waals surface area contributed by atoms with Crippen molar-refractivity contribution in [3.8, 4) is 28.7 Å². The molecule has 13 heteroatoms. The predicted octanol–water partition coefficient (Wildman–Crippen LogP) is 5.63. The van der Waals surface area contributed by atoms with Crippen molar-refractivity contribution in [3.63, 3.8) is 0 Å². The molecule has 36 heavy (non-hydrogen) atoms. The average molecular weight is 542 g/mol. The van der Waals surface area contributed by atoms with Gasteiger partial charge in [-0.25, -0.2) is 14.8 Å². The number of hydrogen-bond donors (Lipinski definition) is 0. The Bertz CT molecular complexity index is 1490. The summed E-state index contributed by atoms with van der Waals surface area (Å²) in [6, 6.07) is 8.36. The number of pyridine rings is 1. The summed E-state index contributed by atoms with van der Waals surface area (Å²) in [4.78, 5) is 25.5. The van der Waals surface area contributed by atoms with Gasteiger partial charge >= 0.3 is 12.1 Å². The van der Waals surface area contributed by atoms with Crippen molar-refractivity contribution in [2.75, 3.05) is 7.11 Å². The molecule has 0 aliphatic carbocycles. The van der Waals surface area contributed by atoms with E-state index in [9.17, 15) is 18.0 Å². The van der Waals surface area contributed by atoms with Crippen molar-refractivity contribution in [2.24, 2.45) is 7.05 Å². The van der Waals surface area contributed by atoms with E-state index in [4.69, 9.17) is 32.8 Å². The van der Waals surface area contributed by atoms with Gasteiger partial charge in [-0.2, -0.15) is 18.3 Å². The van der Waals surface area contributed by atoms with Crippen LogP contribution < -0.4 is 9.57 Å². The molecular weight excluding hydrogens is 522 g/mol. The Hall–Kier alpha value is -3.31. The molecule has 0 unspecified atom stereocenters. The van der Waals surface area contributed by atoms with Gasteiger partial charge < -0.3 is 9.57 Å². The normalized spacial score (nSPS) is 12.3.